The van der Waals surface area contributed by atoms with Gasteiger partial charge in [-0.05, 0) is 70.3 Å². The standard InChI is InChI=1S/C19H26I2NO8P/c1-13(2)18(23)27-11-15(30-31(25,26)29-9-8-22(3,4)5)12-28-19(24)16-7-6-14(20)10-17(16)21/h6-7,10,15H,1,8-9,11-12H2,2-5H3/p+1. The lowest BCUT2D eigenvalue weighted by atomic mass is 10.2. The number of phosphoric acid groups is 1. The largest absolute Gasteiger partial charge is 0.472 e. The maximum Gasteiger partial charge on any atom is 0.472 e. The number of nitrogens with zero attached hydrogens (tertiary/aromatic N) is 1. The lowest BCUT2D eigenvalue weighted by Gasteiger charge is -2.25. The second-order valence-electron chi connectivity index (χ2n) is 7.64. The van der Waals surface area contributed by atoms with Gasteiger partial charge in [-0.3, -0.25) is 9.05 Å². The van der Waals surface area contributed by atoms with E-state index in [-0.39, 0.29) is 12.2 Å². The normalized spacial score (nSPS) is 14.4. The van der Waals surface area contributed by atoms with Crippen LogP contribution in [-0.2, 0) is 27.9 Å². The highest BCUT2D eigenvalue weighted by atomic mass is 127. The van der Waals surface area contributed by atoms with E-state index in [1.165, 1.54) is 6.92 Å². The summed E-state index contributed by atoms with van der Waals surface area (Å²) in [5.74, 6) is -1.34. The fourth-order valence-corrected chi connectivity index (χ4v) is 4.65. The SMILES string of the molecule is C=C(C)C(=O)OCC(COC(=O)c1ccc(I)cc1I)OP(=O)(O)OCC[N+](C)(C)C. The van der Waals surface area contributed by atoms with E-state index in [2.05, 4.69) is 29.2 Å². The number of hydrogen-bond acceptors (Lipinski definition) is 7. The Kier molecular flexibility index (Phi) is 11.6. The number of benzene rings is 1. The zero-order valence-corrected chi connectivity index (χ0v) is 23.0. The maximum atomic E-state index is 12.4. The summed E-state index contributed by atoms with van der Waals surface area (Å²) in [6.07, 6.45) is -1.21. The van der Waals surface area contributed by atoms with Gasteiger partial charge in [0.15, 0.2) is 0 Å². The van der Waals surface area contributed by atoms with Gasteiger partial charge in [0.05, 0.1) is 26.7 Å². The topological polar surface area (TPSA) is 108 Å². The molecular weight excluding hydrogens is 655 g/mol. The number of likely N-dealkylation sites (N-methyl/N-ethyl adjacent to an activating group) is 1. The van der Waals surface area contributed by atoms with E-state index in [4.69, 9.17) is 18.5 Å². The number of rotatable bonds is 12. The summed E-state index contributed by atoms with van der Waals surface area (Å²) in [7, 11) is 1.22. The third-order valence-electron chi connectivity index (χ3n) is 3.60. The molecule has 0 spiro atoms. The van der Waals surface area contributed by atoms with Crippen LogP contribution in [0.25, 0.3) is 0 Å². The van der Waals surface area contributed by atoms with Crippen molar-refractivity contribution in [3.05, 3.63) is 43.1 Å². The van der Waals surface area contributed by atoms with Gasteiger partial charge < -0.3 is 18.9 Å². The number of quaternary nitrogens is 1. The van der Waals surface area contributed by atoms with Gasteiger partial charge in [-0.2, -0.15) is 0 Å². The summed E-state index contributed by atoms with van der Waals surface area (Å²) in [6.45, 7) is 4.51. The molecule has 0 aliphatic heterocycles. The quantitative estimate of drug-likeness (QED) is 0.118. The van der Waals surface area contributed by atoms with Gasteiger partial charge in [0.25, 0.3) is 0 Å². The molecular formula is C19H27I2NO8P+. The molecule has 0 saturated carbocycles. The molecule has 0 saturated heterocycles. The van der Waals surface area contributed by atoms with Crippen molar-refractivity contribution in [1.29, 1.82) is 0 Å². The van der Waals surface area contributed by atoms with Crippen LogP contribution in [-0.4, -0.2) is 74.9 Å². The van der Waals surface area contributed by atoms with Crippen LogP contribution in [0.3, 0.4) is 0 Å². The van der Waals surface area contributed by atoms with Crippen LogP contribution in [0.4, 0.5) is 0 Å². The lowest BCUT2D eigenvalue weighted by molar-refractivity contribution is -0.870. The number of carbonyl (C=O) groups excluding carboxylic acids is 2. The molecule has 0 fully saturated rings. The van der Waals surface area contributed by atoms with Crippen LogP contribution < -0.4 is 0 Å². The Hall–Kier alpha value is -0.570. The summed E-state index contributed by atoms with van der Waals surface area (Å²) < 4.78 is 34.8. The van der Waals surface area contributed by atoms with Crippen molar-refractivity contribution in [3.63, 3.8) is 0 Å². The minimum Gasteiger partial charge on any atom is -0.459 e. The molecule has 2 atom stereocenters. The van der Waals surface area contributed by atoms with Gasteiger partial charge in [0.1, 0.15) is 32.5 Å². The van der Waals surface area contributed by atoms with Gasteiger partial charge >= 0.3 is 19.8 Å². The molecule has 0 aliphatic carbocycles. The molecule has 9 nitrogen and oxygen atoms in total. The molecule has 12 heteroatoms. The number of halogens is 2. The smallest absolute Gasteiger partial charge is 0.459 e. The zero-order chi connectivity index (χ0) is 23.8. The van der Waals surface area contributed by atoms with E-state index >= 15 is 0 Å². The molecule has 0 heterocycles. The van der Waals surface area contributed by atoms with Gasteiger partial charge in [-0.1, -0.05) is 6.58 Å². The first-order chi connectivity index (χ1) is 14.2. The third-order valence-corrected chi connectivity index (χ3v) is 6.24. The Morgan fingerprint density at radius 2 is 1.81 bits per heavy atom. The van der Waals surface area contributed by atoms with Crippen LogP contribution in [0, 0.1) is 7.14 Å². The van der Waals surface area contributed by atoms with E-state index in [1.807, 2.05) is 49.8 Å². The second-order valence-corrected chi connectivity index (χ2v) is 11.5. The van der Waals surface area contributed by atoms with E-state index in [1.54, 1.807) is 12.1 Å². The van der Waals surface area contributed by atoms with Crippen LogP contribution >= 0.6 is 53.0 Å². The summed E-state index contributed by atoms with van der Waals surface area (Å²) in [6, 6.07) is 5.18. The average Bonchev–Trinajstić information content (AvgIpc) is 2.61. The molecule has 1 aromatic rings. The zero-order valence-electron chi connectivity index (χ0n) is 17.8. The molecule has 174 valence electrons. The number of ether oxygens (including phenoxy) is 2. The average molecular weight is 682 g/mol. The molecule has 0 aromatic heterocycles. The highest BCUT2D eigenvalue weighted by Crippen LogP contribution is 2.44. The second kappa shape index (κ2) is 12.6. The molecule has 0 aliphatic rings. The predicted molar refractivity (Wildman–Crippen MR) is 131 cm³/mol. The Bertz CT molecular complexity index is 856. The highest BCUT2D eigenvalue weighted by Gasteiger charge is 2.30. The molecule has 1 rings (SSSR count). The minimum absolute atomic E-state index is 0.0316. The molecule has 31 heavy (non-hydrogen) atoms. The summed E-state index contributed by atoms with van der Waals surface area (Å²) in [4.78, 5) is 34.1. The van der Waals surface area contributed by atoms with Crippen molar-refractivity contribution in [3.8, 4) is 0 Å². The third kappa shape index (κ3) is 11.7. The molecule has 0 radical (unpaired) electrons. The Balaban J connectivity index is 2.80. The predicted octanol–water partition coefficient (Wildman–Crippen LogP) is 3.38. The van der Waals surface area contributed by atoms with Crippen molar-refractivity contribution >= 4 is 64.9 Å². The van der Waals surface area contributed by atoms with Crippen molar-refractivity contribution in [2.75, 3.05) is 47.5 Å². The molecule has 0 amide bonds. The number of esters is 2. The van der Waals surface area contributed by atoms with Gasteiger partial charge in [-0.25, -0.2) is 14.2 Å². The minimum atomic E-state index is -4.48. The first-order valence-corrected chi connectivity index (χ1v) is 12.8. The first-order valence-electron chi connectivity index (χ1n) is 9.11. The number of phosphoric ester groups is 1. The Labute approximate surface area is 209 Å². The molecule has 0 bridgehead atoms. The lowest BCUT2D eigenvalue weighted by Crippen LogP contribution is -2.37. The molecule has 1 N–H and O–H groups in total. The Morgan fingerprint density at radius 3 is 2.35 bits per heavy atom. The van der Waals surface area contributed by atoms with E-state index in [0.717, 1.165) is 3.57 Å². The Morgan fingerprint density at radius 1 is 1.19 bits per heavy atom. The van der Waals surface area contributed by atoms with Crippen LogP contribution in [0.5, 0.6) is 0 Å². The van der Waals surface area contributed by atoms with Crippen molar-refractivity contribution in [2.24, 2.45) is 0 Å². The van der Waals surface area contributed by atoms with Gasteiger partial charge in [0, 0.05) is 12.7 Å². The van der Waals surface area contributed by atoms with Gasteiger partial charge in [-0.15, -0.1) is 0 Å². The first kappa shape index (κ1) is 28.5. The fourth-order valence-electron chi connectivity index (χ4n) is 1.95. The summed E-state index contributed by atoms with van der Waals surface area (Å²) >= 11 is 4.14. The fraction of sp³-hybridized carbons (Fsp3) is 0.474. The monoisotopic (exact) mass is 682 g/mol. The van der Waals surface area contributed by atoms with E-state index in [9.17, 15) is 19.0 Å². The molecule has 1 aromatic carbocycles. The van der Waals surface area contributed by atoms with Crippen molar-refractivity contribution < 1.29 is 42.1 Å². The van der Waals surface area contributed by atoms with Gasteiger partial charge in [0.2, 0.25) is 0 Å². The number of hydrogen-bond donors (Lipinski definition) is 1. The van der Waals surface area contributed by atoms with Crippen molar-refractivity contribution in [1.82, 2.24) is 0 Å². The molecule has 2 unspecified atom stereocenters. The summed E-state index contributed by atoms with van der Waals surface area (Å²) in [5.41, 5.74) is 0.487. The number of carbonyl (C=O) groups is 2. The van der Waals surface area contributed by atoms with E-state index in [0.29, 0.717) is 20.2 Å². The van der Waals surface area contributed by atoms with Crippen LogP contribution in [0.2, 0.25) is 0 Å². The maximum absolute atomic E-state index is 12.4. The van der Waals surface area contributed by atoms with E-state index < -0.39 is 39.1 Å². The van der Waals surface area contributed by atoms with Crippen molar-refractivity contribution in [2.45, 2.75) is 13.0 Å². The van der Waals surface area contributed by atoms with Crippen LogP contribution in [0.1, 0.15) is 17.3 Å². The summed E-state index contributed by atoms with van der Waals surface area (Å²) in [5, 5.41) is 0. The highest BCUT2D eigenvalue weighted by molar-refractivity contribution is 14.1. The van der Waals surface area contributed by atoms with Crippen LogP contribution in [0.15, 0.2) is 30.4 Å².